The van der Waals surface area contributed by atoms with Crippen LogP contribution in [-0.4, -0.2) is 31.3 Å². The van der Waals surface area contributed by atoms with Gasteiger partial charge in [0.1, 0.15) is 16.8 Å². The van der Waals surface area contributed by atoms with Gasteiger partial charge in [-0.05, 0) is 17.7 Å². The van der Waals surface area contributed by atoms with E-state index in [0.717, 1.165) is 5.56 Å². The zero-order valence-electron chi connectivity index (χ0n) is 12.0. The molecule has 2 N–H and O–H groups in total. The third kappa shape index (κ3) is 3.46. The van der Waals surface area contributed by atoms with Gasteiger partial charge in [-0.1, -0.05) is 11.6 Å². The van der Waals surface area contributed by atoms with Crippen LogP contribution in [0.5, 0.6) is 17.2 Å². The van der Waals surface area contributed by atoms with Crippen molar-refractivity contribution in [2.45, 2.75) is 6.42 Å². The maximum atomic E-state index is 5.88. The number of nitrogens with two attached hydrogens (primary N) is 1. The molecule has 21 heavy (non-hydrogen) atoms. The largest absolute Gasteiger partial charge is 0.493 e. The highest BCUT2D eigenvalue weighted by atomic mass is 35.5. The van der Waals surface area contributed by atoms with Crippen molar-refractivity contribution in [3.63, 3.8) is 0 Å². The normalized spacial score (nSPS) is 10.3. The molecule has 7 heteroatoms. The molecule has 6 nitrogen and oxygen atoms in total. The number of aromatic nitrogens is 2. The van der Waals surface area contributed by atoms with Crippen LogP contribution in [0.1, 0.15) is 11.4 Å². The van der Waals surface area contributed by atoms with Crippen molar-refractivity contribution in [1.82, 2.24) is 9.97 Å². The van der Waals surface area contributed by atoms with Gasteiger partial charge >= 0.3 is 0 Å². The molecule has 0 radical (unpaired) electrons. The number of hydrogen-bond donors (Lipinski definition) is 1. The molecule has 112 valence electrons. The second kappa shape index (κ2) is 6.49. The molecule has 0 bridgehead atoms. The van der Waals surface area contributed by atoms with Crippen LogP contribution in [0.2, 0.25) is 5.15 Å². The van der Waals surface area contributed by atoms with Gasteiger partial charge in [-0.3, -0.25) is 0 Å². The van der Waals surface area contributed by atoms with E-state index in [4.69, 9.17) is 31.5 Å². The van der Waals surface area contributed by atoms with Gasteiger partial charge in [0.05, 0.1) is 21.3 Å². The highest BCUT2D eigenvalue weighted by molar-refractivity contribution is 6.29. The van der Waals surface area contributed by atoms with Crippen LogP contribution in [-0.2, 0) is 6.42 Å². The van der Waals surface area contributed by atoms with E-state index in [1.54, 1.807) is 21.3 Å². The van der Waals surface area contributed by atoms with Crippen LogP contribution in [0.3, 0.4) is 0 Å². The molecule has 0 saturated carbocycles. The van der Waals surface area contributed by atoms with Gasteiger partial charge in [-0.15, -0.1) is 0 Å². The van der Waals surface area contributed by atoms with Crippen molar-refractivity contribution in [2.75, 3.05) is 27.1 Å². The summed E-state index contributed by atoms with van der Waals surface area (Å²) in [6.07, 6.45) is 0.446. The molecule has 1 heterocycles. The number of halogens is 1. The number of rotatable bonds is 5. The molecule has 2 aromatic rings. The second-order valence-corrected chi connectivity index (χ2v) is 4.63. The summed E-state index contributed by atoms with van der Waals surface area (Å²) in [5, 5.41) is 0.310. The van der Waals surface area contributed by atoms with Gasteiger partial charge in [-0.25, -0.2) is 9.97 Å². The third-order valence-electron chi connectivity index (χ3n) is 2.85. The number of nitrogen functional groups attached to an aromatic ring is 1. The number of hydrogen-bond acceptors (Lipinski definition) is 6. The molecule has 0 fully saturated rings. The third-order valence-corrected chi connectivity index (χ3v) is 3.04. The maximum Gasteiger partial charge on any atom is 0.203 e. The van der Waals surface area contributed by atoms with Crippen molar-refractivity contribution >= 4 is 17.4 Å². The summed E-state index contributed by atoms with van der Waals surface area (Å²) in [5.41, 5.74) is 6.56. The number of benzene rings is 1. The summed E-state index contributed by atoms with van der Waals surface area (Å²) in [5.74, 6) is 2.53. The Bertz CT molecular complexity index is 604. The summed E-state index contributed by atoms with van der Waals surface area (Å²) in [6.45, 7) is 0. The Kier molecular flexibility index (Phi) is 4.70. The first-order valence-corrected chi connectivity index (χ1v) is 6.53. The van der Waals surface area contributed by atoms with Crippen molar-refractivity contribution in [3.05, 3.63) is 34.7 Å². The predicted molar refractivity (Wildman–Crippen MR) is 80.4 cm³/mol. The molecule has 1 aromatic carbocycles. The van der Waals surface area contributed by atoms with Crippen LogP contribution in [0.15, 0.2) is 18.2 Å². The molecule has 0 unspecified atom stereocenters. The summed E-state index contributed by atoms with van der Waals surface area (Å²) in [7, 11) is 4.69. The average Bonchev–Trinajstić information content (AvgIpc) is 2.45. The Labute approximate surface area is 127 Å². The number of nitrogens with zero attached hydrogens (tertiary/aromatic N) is 2. The minimum Gasteiger partial charge on any atom is -0.493 e. The summed E-state index contributed by atoms with van der Waals surface area (Å²) in [4.78, 5) is 8.30. The molecular weight excluding hydrogens is 294 g/mol. The standard InChI is InChI=1S/C14H16ClN3O3/c1-19-9-4-8(5-10(20-2)14(9)21-3)6-13-17-11(15)7-12(16)18-13/h4-5,7H,6H2,1-3H3,(H2,16,17,18). The van der Waals surface area contributed by atoms with Crippen molar-refractivity contribution in [2.24, 2.45) is 0 Å². The van der Waals surface area contributed by atoms with E-state index in [-0.39, 0.29) is 0 Å². The fourth-order valence-electron chi connectivity index (χ4n) is 1.98. The smallest absolute Gasteiger partial charge is 0.203 e. The van der Waals surface area contributed by atoms with Crippen LogP contribution < -0.4 is 19.9 Å². The average molecular weight is 310 g/mol. The van der Waals surface area contributed by atoms with Gasteiger partial charge in [0.15, 0.2) is 11.5 Å². The molecule has 1 aromatic heterocycles. The van der Waals surface area contributed by atoms with E-state index in [1.165, 1.54) is 6.07 Å². The Morgan fingerprint density at radius 3 is 2.10 bits per heavy atom. The lowest BCUT2D eigenvalue weighted by atomic mass is 10.1. The van der Waals surface area contributed by atoms with Gasteiger partial charge < -0.3 is 19.9 Å². The minimum absolute atomic E-state index is 0.310. The van der Waals surface area contributed by atoms with Gasteiger partial charge in [0, 0.05) is 12.5 Å². The Morgan fingerprint density at radius 1 is 1.00 bits per heavy atom. The van der Waals surface area contributed by atoms with Crippen molar-refractivity contribution < 1.29 is 14.2 Å². The minimum atomic E-state index is 0.310. The van der Waals surface area contributed by atoms with Gasteiger partial charge in [-0.2, -0.15) is 0 Å². The first kappa shape index (κ1) is 15.2. The zero-order chi connectivity index (χ0) is 15.4. The lowest BCUT2D eigenvalue weighted by Crippen LogP contribution is -2.02. The van der Waals surface area contributed by atoms with Gasteiger partial charge in [0.2, 0.25) is 5.75 Å². The van der Waals surface area contributed by atoms with Gasteiger partial charge in [0.25, 0.3) is 0 Å². The van der Waals surface area contributed by atoms with E-state index in [0.29, 0.717) is 40.5 Å². The van der Waals surface area contributed by atoms with E-state index in [1.807, 2.05) is 12.1 Å². The zero-order valence-corrected chi connectivity index (χ0v) is 12.8. The van der Waals surface area contributed by atoms with E-state index in [9.17, 15) is 0 Å². The Hall–Kier alpha value is -2.21. The highest BCUT2D eigenvalue weighted by Gasteiger charge is 2.14. The number of ether oxygens (including phenoxy) is 3. The quantitative estimate of drug-likeness (QED) is 0.854. The lowest BCUT2D eigenvalue weighted by Gasteiger charge is -2.14. The maximum absolute atomic E-state index is 5.88. The number of anilines is 1. The summed E-state index contributed by atoms with van der Waals surface area (Å²) in [6, 6.07) is 5.17. The fraction of sp³-hybridized carbons (Fsp3) is 0.286. The molecule has 0 amide bonds. The van der Waals surface area contributed by atoms with E-state index in [2.05, 4.69) is 9.97 Å². The molecule has 0 aliphatic rings. The fourth-order valence-corrected chi connectivity index (χ4v) is 2.19. The van der Waals surface area contributed by atoms with Crippen LogP contribution >= 0.6 is 11.6 Å². The first-order chi connectivity index (χ1) is 10.1. The summed E-state index contributed by atoms with van der Waals surface area (Å²) < 4.78 is 15.9. The predicted octanol–water partition coefficient (Wildman–Crippen LogP) is 2.33. The molecule has 2 rings (SSSR count). The van der Waals surface area contributed by atoms with Crippen LogP contribution in [0, 0.1) is 0 Å². The molecule has 0 saturated heterocycles. The Morgan fingerprint density at radius 2 is 1.62 bits per heavy atom. The van der Waals surface area contributed by atoms with Crippen LogP contribution in [0.4, 0.5) is 5.82 Å². The van der Waals surface area contributed by atoms with E-state index < -0.39 is 0 Å². The molecule has 0 aliphatic heterocycles. The molecular formula is C14H16ClN3O3. The van der Waals surface area contributed by atoms with Crippen molar-refractivity contribution in [3.8, 4) is 17.2 Å². The Balaban J connectivity index is 2.40. The molecule has 0 spiro atoms. The van der Waals surface area contributed by atoms with Crippen molar-refractivity contribution in [1.29, 1.82) is 0 Å². The molecule has 0 aliphatic carbocycles. The lowest BCUT2D eigenvalue weighted by molar-refractivity contribution is 0.324. The monoisotopic (exact) mass is 309 g/mol. The van der Waals surface area contributed by atoms with Crippen LogP contribution in [0.25, 0.3) is 0 Å². The summed E-state index contributed by atoms with van der Waals surface area (Å²) >= 11 is 5.88. The molecule has 0 atom stereocenters. The van der Waals surface area contributed by atoms with E-state index >= 15 is 0 Å². The second-order valence-electron chi connectivity index (χ2n) is 4.24. The highest BCUT2D eigenvalue weighted by Crippen LogP contribution is 2.38. The topological polar surface area (TPSA) is 79.5 Å². The number of methoxy groups -OCH3 is 3. The SMILES string of the molecule is COc1cc(Cc2nc(N)cc(Cl)n2)cc(OC)c1OC. The first-order valence-electron chi connectivity index (χ1n) is 6.15.